The fourth-order valence-electron chi connectivity index (χ4n) is 2.80. The average molecular weight is 414 g/mol. The van der Waals surface area contributed by atoms with E-state index in [2.05, 4.69) is 0 Å². The minimum Gasteiger partial charge on any atom is -0.461 e. The largest absolute Gasteiger partial charge is 0.461 e. The van der Waals surface area contributed by atoms with Gasteiger partial charge in [0.2, 0.25) is 6.04 Å². The molecular formula is C18H20ClNO6S. The smallest absolute Gasteiger partial charge is 0.338 e. The maximum absolute atomic E-state index is 13.1. The first kappa shape index (κ1) is 19.7. The van der Waals surface area contributed by atoms with Crippen LogP contribution >= 0.6 is 11.6 Å². The molecule has 1 aliphatic carbocycles. The van der Waals surface area contributed by atoms with E-state index in [-0.39, 0.29) is 21.4 Å². The lowest BCUT2D eigenvalue weighted by Crippen LogP contribution is -2.43. The fourth-order valence-corrected chi connectivity index (χ4v) is 4.04. The normalized spacial score (nSPS) is 20.0. The van der Waals surface area contributed by atoms with Crippen LogP contribution in [0.25, 0.3) is 0 Å². The zero-order valence-corrected chi connectivity index (χ0v) is 16.7. The molecule has 27 heavy (non-hydrogen) atoms. The van der Waals surface area contributed by atoms with Gasteiger partial charge in [-0.3, -0.25) is 4.79 Å². The number of nitrogens with zero attached hydrogens (tertiary/aromatic N) is 1. The maximum atomic E-state index is 13.1. The molecule has 7 nitrogen and oxygen atoms in total. The lowest BCUT2D eigenvalue weighted by atomic mass is 10.1. The zero-order valence-electron chi connectivity index (χ0n) is 15.1. The zero-order chi connectivity index (χ0) is 19.9. The molecule has 1 atom stereocenters. The second-order valence-electron chi connectivity index (χ2n) is 6.87. The number of carbonyl (C=O) groups is 2. The summed E-state index contributed by atoms with van der Waals surface area (Å²) in [5, 5.41) is 0.929. The molecule has 1 fully saturated rings. The van der Waals surface area contributed by atoms with Crippen LogP contribution in [0.3, 0.4) is 0 Å². The molecule has 0 N–H and O–H groups in total. The molecule has 0 radical (unpaired) electrons. The molecule has 1 aromatic rings. The highest BCUT2D eigenvalue weighted by atomic mass is 35.5. The first-order chi connectivity index (χ1) is 12.6. The third-order valence-corrected chi connectivity index (χ3v) is 5.69. The summed E-state index contributed by atoms with van der Waals surface area (Å²) in [6.45, 7) is 3.36. The van der Waals surface area contributed by atoms with Crippen LogP contribution in [0.2, 0.25) is 0 Å². The van der Waals surface area contributed by atoms with Crippen molar-refractivity contribution in [2.75, 3.05) is 6.26 Å². The Morgan fingerprint density at radius 3 is 2.44 bits per heavy atom. The van der Waals surface area contributed by atoms with Crippen molar-refractivity contribution in [3.63, 3.8) is 0 Å². The first-order valence-electron chi connectivity index (χ1n) is 8.52. The Bertz CT molecular complexity index is 920. The molecule has 0 spiro atoms. The number of halogens is 1. The Hall–Kier alpha value is -2.06. The molecular weight excluding hydrogens is 394 g/mol. The Kier molecular flexibility index (Phi) is 5.22. The number of esters is 1. The van der Waals surface area contributed by atoms with Crippen molar-refractivity contribution in [1.82, 2.24) is 5.06 Å². The SMILES string of the molecule is CC(C)OC(=O)C1C(Cl)=C(C2CC2)ON1C(=O)c1ccccc1S(C)(=O)=O. The van der Waals surface area contributed by atoms with Gasteiger partial charge in [0.1, 0.15) is 0 Å². The van der Waals surface area contributed by atoms with Crippen molar-refractivity contribution in [1.29, 1.82) is 0 Å². The Labute approximate surface area is 162 Å². The highest BCUT2D eigenvalue weighted by Gasteiger charge is 2.48. The van der Waals surface area contributed by atoms with Crippen LogP contribution in [-0.4, -0.2) is 43.8 Å². The number of hydrogen-bond acceptors (Lipinski definition) is 6. The van der Waals surface area contributed by atoms with E-state index < -0.39 is 33.9 Å². The number of hydroxylamine groups is 2. The minimum atomic E-state index is -3.66. The van der Waals surface area contributed by atoms with Gasteiger partial charge in [0.05, 0.1) is 21.6 Å². The van der Waals surface area contributed by atoms with Crippen LogP contribution in [0.1, 0.15) is 37.0 Å². The summed E-state index contributed by atoms with van der Waals surface area (Å²) >= 11 is 6.36. The van der Waals surface area contributed by atoms with Crippen LogP contribution in [0.15, 0.2) is 40.0 Å². The lowest BCUT2D eigenvalue weighted by Gasteiger charge is -2.23. The van der Waals surface area contributed by atoms with Crippen molar-refractivity contribution in [2.24, 2.45) is 5.92 Å². The molecule has 1 saturated carbocycles. The van der Waals surface area contributed by atoms with E-state index in [4.69, 9.17) is 21.2 Å². The molecule has 1 aromatic carbocycles. The van der Waals surface area contributed by atoms with Gasteiger partial charge in [-0.25, -0.2) is 13.2 Å². The van der Waals surface area contributed by atoms with Crippen molar-refractivity contribution in [2.45, 2.75) is 43.7 Å². The van der Waals surface area contributed by atoms with Gasteiger partial charge in [-0.2, -0.15) is 5.06 Å². The van der Waals surface area contributed by atoms with Crippen molar-refractivity contribution in [3.05, 3.63) is 40.6 Å². The Morgan fingerprint density at radius 1 is 1.26 bits per heavy atom. The molecule has 9 heteroatoms. The van der Waals surface area contributed by atoms with Gasteiger partial charge < -0.3 is 9.57 Å². The molecule has 2 aliphatic rings. The maximum Gasteiger partial charge on any atom is 0.338 e. The summed E-state index contributed by atoms with van der Waals surface area (Å²) < 4.78 is 29.3. The summed E-state index contributed by atoms with van der Waals surface area (Å²) in [7, 11) is -3.66. The van der Waals surface area contributed by atoms with Gasteiger partial charge >= 0.3 is 5.97 Å². The van der Waals surface area contributed by atoms with Gasteiger partial charge in [0, 0.05) is 12.2 Å². The Morgan fingerprint density at radius 2 is 1.89 bits per heavy atom. The van der Waals surface area contributed by atoms with E-state index >= 15 is 0 Å². The molecule has 0 aromatic heterocycles. The van der Waals surface area contributed by atoms with Gasteiger partial charge in [0.25, 0.3) is 5.91 Å². The van der Waals surface area contributed by atoms with E-state index in [0.29, 0.717) is 5.76 Å². The topological polar surface area (TPSA) is 90.0 Å². The van der Waals surface area contributed by atoms with Crippen molar-refractivity contribution < 1.29 is 27.6 Å². The van der Waals surface area contributed by atoms with Crippen molar-refractivity contribution >= 4 is 33.3 Å². The van der Waals surface area contributed by atoms with Gasteiger partial charge in [-0.15, -0.1) is 0 Å². The molecule has 0 saturated heterocycles. The standard InChI is InChI=1S/C18H20ClNO6S/c1-10(2)25-18(22)15-14(19)16(11-8-9-11)26-20(15)17(21)12-6-4-5-7-13(12)27(3,23)24/h4-7,10-11,15H,8-9H2,1-3H3. The number of carbonyl (C=O) groups excluding carboxylic acids is 2. The third kappa shape index (κ3) is 3.96. The van der Waals surface area contributed by atoms with Crippen LogP contribution in [-0.2, 0) is 24.2 Å². The van der Waals surface area contributed by atoms with Crippen molar-refractivity contribution in [3.8, 4) is 0 Å². The van der Waals surface area contributed by atoms with E-state index in [0.717, 1.165) is 24.2 Å². The highest BCUT2D eigenvalue weighted by Crippen LogP contribution is 2.45. The molecule has 146 valence electrons. The predicted octanol–water partition coefficient (Wildman–Crippen LogP) is 2.66. The van der Waals surface area contributed by atoms with Gasteiger partial charge in [0.15, 0.2) is 15.6 Å². The summed E-state index contributed by atoms with van der Waals surface area (Å²) in [4.78, 5) is 31.1. The van der Waals surface area contributed by atoms with Crippen LogP contribution in [0, 0.1) is 5.92 Å². The van der Waals surface area contributed by atoms with E-state index in [9.17, 15) is 18.0 Å². The second kappa shape index (κ2) is 7.16. The van der Waals surface area contributed by atoms with Gasteiger partial charge in [-0.05, 0) is 38.8 Å². The van der Waals surface area contributed by atoms with Gasteiger partial charge in [-0.1, -0.05) is 23.7 Å². The number of benzene rings is 1. The molecule has 1 unspecified atom stereocenters. The fraction of sp³-hybridized carbons (Fsp3) is 0.444. The molecule has 3 rings (SSSR count). The van der Waals surface area contributed by atoms with Crippen LogP contribution < -0.4 is 0 Å². The summed E-state index contributed by atoms with van der Waals surface area (Å²) in [5.74, 6) is -1.08. The average Bonchev–Trinajstić information content (AvgIpc) is 3.35. The van der Waals surface area contributed by atoms with E-state index in [1.807, 2.05) is 0 Å². The molecule has 0 bridgehead atoms. The number of amides is 1. The van der Waals surface area contributed by atoms with E-state index in [1.54, 1.807) is 13.8 Å². The van der Waals surface area contributed by atoms with Crippen LogP contribution in [0.5, 0.6) is 0 Å². The monoisotopic (exact) mass is 413 g/mol. The molecule has 1 aliphatic heterocycles. The number of allylic oxidation sites excluding steroid dienone is 1. The number of rotatable bonds is 5. The minimum absolute atomic E-state index is 0.0507. The Balaban J connectivity index is 2.00. The number of sulfone groups is 1. The summed E-state index contributed by atoms with van der Waals surface area (Å²) in [5.41, 5.74) is -0.0936. The lowest BCUT2D eigenvalue weighted by molar-refractivity contribution is -0.162. The number of ether oxygens (including phenoxy) is 1. The highest BCUT2D eigenvalue weighted by molar-refractivity contribution is 7.90. The molecule has 1 heterocycles. The summed E-state index contributed by atoms with van der Waals surface area (Å²) in [6.07, 6.45) is 2.29. The van der Waals surface area contributed by atoms with E-state index in [1.165, 1.54) is 24.3 Å². The summed E-state index contributed by atoms with van der Waals surface area (Å²) in [6, 6.07) is 4.50. The predicted molar refractivity (Wildman–Crippen MR) is 97.4 cm³/mol. The quantitative estimate of drug-likeness (QED) is 0.689. The third-order valence-electron chi connectivity index (χ3n) is 4.15. The first-order valence-corrected chi connectivity index (χ1v) is 10.8. The van der Waals surface area contributed by atoms with Crippen LogP contribution in [0.4, 0.5) is 0 Å². The molecule has 1 amide bonds. The number of hydrogen-bond donors (Lipinski definition) is 0. The second-order valence-corrected chi connectivity index (χ2v) is 9.26.